The van der Waals surface area contributed by atoms with Crippen LogP contribution in [0.1, 0.15) is 12.5 Å². The summed E-state index contributed by atoms with van der Waals surface area (Å²) in [5.74, 6) is -0.724. The molecule has 1 aliphatic heterocycles. The van der Waals surface area contributed by atoms with Crippen molar-refractivity contribution in [3.63, 3.8) is 0 Å². The topological polar surface area (TPSA) is 92.7 Å². The first-order valence-corrected chi connectivity index (χ1v) is 8.04. The second-order valence-electron chi connectivity index (χ2n) is 4.92. The summed E-state index contributed by atoms with van der Waals surface area (Å²) in [6.45, 7) is 1.23. The highest BCUT2D eigenvalue weighted by Crippen LogP contribution is 2.28. The fourth-order valence-electron chi connectivity index (χ4n) is 2.23. The van der Waals surface area contributed by atoms with E-state index < -0.39 is 28.7 Å². The summed E-state index contributed by atoms with van der Waals surface area (Å²) in [7, 11) is -1.39. The van der Waals surface area contributed by atoms with Crippen LogP contribution < -0.4 is 10.1 Å². The van der Waals surface area contributed by atoms with E-state index in [-0.39, 0.29) is 17.6 Å². The van der Waals surface area contributed by atoms with Crippen molar-refractivity contribution < 1.29 is 23.6 Å². The van der Waals surface area contributed by atoms with Crippen LogP contribution >= 0.6 is 0 Å². The highest BCUT2D eigenvalue weighted by Gasteiger charge is 2.27. The van der Waals surface area contributed by atoms with Crippen molar-refractivity contribution in [1.29, 1.82) is 0 Å². The van der Waals surface area contributed by atoms with Crippen molar-refractivity contribution in [1.82, 2.24) is 5.32 Å². The Morgan fingerprint density at radius 2 is 2.19 bits per heavy atom. The van der Waals surface area contributed by atoms with E-state index in [4.69, 9.17) is 9.84 Å². The van der Waals surface area contributed by atoms with Crippen molar-refractivity contribution >= 4 is 22.7 Å². The van der Waals surface area contributed by atoms with Crippen LogP contribution in [0, 0.1) is 0 Å². The Morgan fingerprint density at radius 3 is 2.81 bits per heavy atom. The maximum absolute atomic E-state index is 12.1. The summed E-state index contributed by atoms with van der Waals surface area (Å²) in [6, 6.07) is 6.46. The number of para-hydroxylation sites is 1. The largest absolute Gasteiger partial charge is 0.489 e. The predicted molar refractivity (Wildman–Crippen MR) is 77.7 cm³/mol. The molecule has 0 bridgehead atoms. The van der Waals surface area contributed by atoms with Gasteiger partial charge >= 0.3 is 5.97 Å². The molecule has 21 heavy (non-hydrogen) atoms. The van der Waals surface area contributed by atoms with Gasteiger partial charge in [-0.25, -0.2) is 4.79 Å². The van der Waals surface area contributed by atoms with E-state index in [0.29, 0.717) is 6.42 Å². The highest BCUT2D eigenvalue weighted by molar-refractivity contribution is 7.85. The molecule has 0 aliphatic carbocycles. The number of carbonyl (C=O) groups excluding carboxylic acids is 1. The molecular weight excluding hydrogens is 294 g/mol. The number of hydrogen-bond donors (Lipinski definition) is 2. The second-order valence-corrected chi connectivity index (χ2v) is 6.46. The molecule has 6 nitrogen and oxygen atoms in total. The van der Waals surface area contributed by atoms with E-state index in [9.17, 15) is 13.8 Å². The second kappa shape index (κ2) is 6.71. The van der Waals surface area contributed by atoms with Crippen LogP contribution in [0.15, 0.2) is 24.3 Å². The lowest BCUT2D eigenvalue weighted by Gasteiger charge is -2.15. The summed E-state index contributed by atoms with van der Waals surface area (Å²) < 4.78 is 17.7. The van der Waals surface area contributed by atoms with Crippen molar-refractivity contribution in [3.05, 3.63) is 29.8 Å². The summed E-state index contributed by atoms with van der Waals surface area (Å²) in [5.41, 5.74) is 1.07. The average Bonchev–Trinajstić information content (AvgIpc) is 2.79. The minimum atomic E-state index is -1.39. The van der Waals surface area contributed by atoms with E-state index in [1.165, 1.54) is 6.92 Å². The van der Waals surface area contributed by atoms with Gasteiger partial charge in [-0.1, -0.05) is 18.2 Å². The van der Waals surface area contributed by atoms with Crippen molar-refractivity contribution in [2.24, 2.45) is 0 Å². The number of carboxylic acid groups (broad SMARTS) is 1. The highest BCUT2D eigenvalue weighted by atomic mass is 32.2. The molecule has 1 aliphatic rings. The first kappa shape index (κ1) is 15.5. The molecule has 2 rings (SSSR count). The van der Waals surface area contributed by atoms with E-state index in [1.54, 1.807) is 0 Å². The van der Waals surface area contributed by atoms with Gasteiger partial charge in [-0.3, -0.25) is 9.00 Å². The molecule has 2 N–H and O–H groups in total. The Hall–Kier alpha value is -1.89. The Labute approximate surface area is 125 Å². The summed E-state index contributed by atoms with van der Waals surface area (Å²) in [4.78, 5) is 21.9. The first-order valence-electron chi connectivity index (χ1n) is 6.55. The predicted octanol–water partition coefficient (Wildman–Crippen LogP) is 0.328. The molecule has 1 heterocycles. The number of fused-ring (bicyclic) bond motifs is 1. The third-order valence-electron chi connectivity index (χ3n) is 3.11. The molecule has 1 amide bonds. The minimum absolute atomic E-state index is 0.120. The lowest BCUT2D eigenvalue weighted by molar-refractivity contribution is -0.140. The molecule has 0 fully saturated rings. The zero-order chi connectivity index (χ0) is 15.4. The van der Waals surface area contributed by atoms with Gasteiger partial charge in [0.05, 0.1) is 11.5 Å². The molecule has 114 valence electrons. The number of carbonyl (C=O) groups is 2. The Balaban J connectivity index is 1.88. The van der Waals surface area contributed by atoms with Gasteiger partial charge in [0.2, 0.25) is 5.91 Å². The molecule has 0 saturated heterocycles. The van der Waals surface area contributed by atoms with Gasteiger partial charge in [-0.15, -0.1) is 0 Å². The number of nitrogens with one attached hydrogen (secondary N) is 1. The Bertz CT molecular complexity index is 549. The lowest BCUT2D eigenvalue weighted by atomic mass is 10.1. The SMILES string of the molecule is CC(=O)N[C@@H](CS(=O)CC1Cc2ccccc2O1)C(=O)O. The number of rotatable bonds is 6. The summed E-state index contributed by atoms with van der Waals surface area (Å²) in [5, 5.41) is 11.3. The van der Waals surface area contributed by atoms with Crippen LogP contribution in [-0.2, 0) is 26.8 Å². The number of hydrogen-bond acceptors (Lipinski definition) is 4. The third-order valence-corrected chi connectivity index (χ3v) is 4.56. The molecule has 0 aromatic heterocycles. The maximum Gasteiger partial charge on any atom is 0.327 e. The van der Waals surface area contributed by atoms with Crippen LogP contribution in [0.2, 0.25) is 0 Å². The fourth-order valence-corrected chi connectivity index (χ4v) is 3.56. The third kappa shape index (κ3) is 4.29. The average molecular weight is 311 g/mol. The van der Waals surface area contributed by atoms with E-state index >= 15 is 0 Å². The maximum atomic E-state index is 12.1. The van der Waals surface area contributed by atoms with Gasteiger partial charge in [0, 0.05) is 24.1 Å². The zero-order valence-electron chi connectivity index (χ0n) is 11.6. The van der Waals surface area contributed by atoms with Crippen molar-refractivity contribution in [2.75, 3.05) is 11.5 Å². The smallest absolute Gasteiger partial charge is 0.327 e. The van der Waals surface area contributed by atoms with Crippen LogP contribution in [0.3, 0.4) is 0 Å². The van der Waals surface area contributed by atoms with Crippen LogP contribution in [0.4, 0.5) is 0 Å². The van der Waals surface area contributed by atoms with Gasteiger partial charge in [0.25, 0.3) is 0 Å². The van der Waals surface area contributed by atoms with Gasteiger partial charge < -0.3 is 15.2 Å². The molecule has 3 atom stereocenters. The molecule has 7 heteroatoms. The van der Waals surface area contributed by atoms with Gasteiger partial charge in [-0.05, 0) is 11.6 Å². The van der Waals surface area contributed by atoms with Gasteiger partial charge in [0.1, 0.15) is 17.9 Å². The standard InChI is InChI=1S/C14H17NO5S/c1-9(16)15-12(14(17)18)8-21(19)7-11-6-10-4-2-3-5-13(10)20-11/h2-5,11-12H,6-8H2,1H3,(H,15,16)(H,17,18)/t11?,12-,21?/m0/s1. The number of aliphatic carboxylic acids is 1. The van der Waals surface area contributed by atoms with Crippen LogP contribution in [0.5, 0.6) is 5.75 Å². The molecule has 0 spiro atoms. The van der Waals surface area contributed by atoms with Gasteiger partial charge in [-0.2, -0.15) is 0 Å². The summed E-state index contributed by atoms with van der Waals surface area (Å²) >= 11 is 0. The molecule has 2 unspecified atom stereocenters. The lowest BCUT2D eigenvalue weighted by Crippen LogP contribution is -2.44. The fraction of sp³-hybridized carbons (Fsp3) is 0.429. The number of benzene rings is 1. The van der Waals surface area contributed by atoms with E-state index in [0.717, 1.165) is 11.3 Å². The Kier molecular flexibility index (Phi) is 4.95. The zero-order valence-corrected chi connectivity index (χ0v) is 12.4. The minimum Gasteiger partial charge on any atom is -0.489 e. The number of amides is 1. The van der Waals surface area contributed by atoms with E-state index in [1.807, 2.05) is 24.3 Å². The Morgan fingerprint density at radius 1 is 1.48 bits per heavy atom. The summed E-state index contributed by atoms with van der Waals surface area (Å²) in [6.07, 6.45) is 0.453. The normalized spacial score (nSPS) is 19.2. The number of carboxylic acids is 1. The number of ether oxygens (including phenoxy) is 1. The van der Waals surface area contributed by atoms with Gasteiger partial charge in [0.15, 0.2) is 0 Å². The van der Waals surface area contributed by atoms with Crippen molar-refractivity contribution in [2.45, 2.75) is 25.5 Å². The van der Waals surface area contributed by atoms with E-state index in [2.05, 4.69) is 5.32 Å². The van der Waals surface area contributed by atoms with Crippen LogP contribution in [-0.4, -0.2) is 44.8 Å². The molecular formula is C14H17NO5S. The molecule has 0 saturated carbocycles. The quantitative estimate of drug-likeness (QED) is 0.790. The molecule has 0 radical (unpaired) electrons. The monoisotopic (exact) mass is 311 g/mol. The molecule has 1 aromatic rings. The first-order chi connectivity index (χ1) is 9.95. The molecule has 1 aromatic carbocycles. The van der Waals surface area contributed by atoms with Crippen LogP contribution in [0.25, 0.3) is 0 Å². The van der Waals surface area contributed by atoms with Crippen molar-refractivity contribution in [3.8, 4) is 5.75 Å².